The number of aromatic nitrogens is 3. The molecule has 1 saturated heterocycles. The Kier molecular flexibility index (Phi) is 8.26. The number of aliphatic imine (C=N–C) groups is 1. The SMILES string of the molecule is CN=C(NCc1nc(-c2ccco2)n[nH]1)N1CCC(COCc2ccccc2)C1.I. The fourth-order valence-electron chi connectivity index (χ4n) is 3.46. The second-order valence-corrected chi connectivity index (χ2v) is 7.09. The number of nitrogens with zero attached hydrogens (tertiary/aromatic N) is 4. The maximum atomic E-state index is 5.91. The molecule has 30 heavy (non-hydrogen) atoms. The molecule has 1 aliphatic rings. The van der Waals surface area contributed by atoms with Gasteiger partial charge in [0.15, 0.2) is 11.7 Å². The third-order valence-electron chi connectivity index (χ3n) is 4.95. The van der Waals surface area contributed by atoms with Crippen LogP contribution in [0.1, 0.15) is 17.8 Å². The van der Waals surface area contributed by atoms with Crippen molar-refractivity contribution in [3.8, 4) is 11.6 Å². The minimum Gasteiger partial charge on any atom is -0.461 e. The number of furan rings is 1. The number of aromatic amines is 1. The number of ether oxygens (including phenoxy) is 1. The molecule has 1 unspecified atom stereocenters. The van der Waals surface area contributed by atoms with Gasteiger partial charge in [0.2, 0.25) is 5.82 Å². The van der Waals surface area contributed by atoms with E-state index in [9.17, 15) is 0 Å². The van der Waals surface area contributed by atoms with Gasteiger partial charge < -0.3 is 19.4 Å². The molecular weight excluding hydrogens is 495 g/mol. The topological polar surface area (TPSA) is 91.6 Å². The monoisotopic (exact) mass is 522 g/mol. The fraction of sp³-hybridized carbons (Fsp3) is 0.381. The van der Waals surface area contributed by atoms with E-state index in [0.717, 1.165) is 37.9 Å². The van der Waals surface area contributed by atoms with E-state index >= 15 is 0 Å². The van der Waals surface area contributed by atoms with Crippen molar-refractivity contribution in [1.29, 1.82) is 0 Å². The summed E-state index contributed by atoms with van der Waals surface area (Å²) in [6, 6.07) is 13.9. The summed E-state index contributed by atoms with van der Waals surface area (Å²) in [7, 11) is 1.80. The van der Waals surface area contributed by atoms with Crippen molar-refractivity contribution in [2.45, 2.75) is 19.6 Å². The van der Waals surface area contributed by atoms with Crippen molar-refractivity contribution in [1.82, 2.24) is 25.4 Å². The standard InChI is InChI=1S/C21H26N6O2.HI/c1-22-21(23-12-19-24-20(26-25-19)18-8-5-11-29-18)27-10-9-17(13-27)15-28-14-16-6-3-2-4-7-16;/h2-8,11,17H,9-10,12-15H2,1H3,(H,22,23)(H,24,25,26);1H. The molecule has 0 spiro atoms. The molecule has 0 radical (unpaired) electrons. The van der Waals surface area contributed by atoms with Crippen LogP contribution in [0.4, 0.5) is 0 Å². The molecule has 1 aromatic carbocycles. The summed E-state index contributed by atoms with van der Waals surface area (Å²) in [5.74, 6) is 3.31. The summed E-state index contributed by atoms with van der Waals surface area (Å²) in [6.07, 6.45) is 2.71. The van der Waals surface area contributed by atoms with Crippen LogP contribution in [0.15, 0.2) is 58.1 Å². The van der Waals surface area contributed by atoms with Gasteiger partial charge in [-0.3, -0.25) is 10.1 Å². The van der Waals surface area contributed by atoms with Crippen LogP contribution in [-0.2, 0) is 17.9 Å². The minimum absolute atomic E-state index is 0. The van der Waals surface area contributed by atoms with Crippen molar-refractivity contribution in [2.75, 3.05) is 26.7 Å². The number of H-pyrrole nitrogens is 1. The number of halogens is 1. The summed E-state index contributed by atoms with van der Waals surface area (Å²) < 4.78 is 11.2. The molecule has 1 aliphatic heterocycles. The predicted octanol–water partition coefficient (Wildman–Crippen LogP) is 3.30. The van der Waals surface area contributed by atoms with Crippen molar-refractivity contribution in [3.63, 3.8) is 0 Å². The number of nitrogens with one attached hydrogen (secondary N) is 2. The van der Waals surface area contributed by atoms with Gasteiger partial charge in [-0.25, -0.2) is 4.98 Å². The van der Waals surface area contributed by atoms with Crippen LogP contribution < -0.4 is 5.32 Å². The van der Waals surface area contributed by atoms with E-state index in [-0.39, 0.29) is 24.0 Å². The van der Waals surface area contributed by atoms with Gasteiger partial charge in [0.05, 0.1) is 26.0 Å². The lowest BCUT2D eigenvalue weighted by atomic mass is 10.1. The third kappa shape index (κ3) is 5.82. The van der Waals surface area contributed by atoms with Gasteiger partial charge in [-0.1, -0.05) is 30.3 Å². The average Bonchev–Trinajstić information content (AvgIpc) is 3.51. The van der Waals surface area contributed by atoms with Gasteiger partial charge in [-0.05, 0) is 24.1 Å². The highest BCUT2D eigenvalue weighted by Gasteiger charge is 2.25. The van der Waals surface area contributed by atoms with E-state index in [1.807, 2.05) is 30.3 Å². The van der Waals surface area contributed by atoms with Crippen molar-refractivity contribution >= 4 is 29.9 Å². The molecule has 8 nitrogen and oxygen atoms in total. The van der Waals surface area contributed by atoms with E-state index in [1.165, 1.54) is 5.56 Å². The summed E-state index contributed by atoms with van der Waals surface area (Å²) in [5, 5.41) is 10.5. The fourth-order valence-corrected chi connectivity index (χ4v) is 3.46. The average molecular weight is 522 g/mol. The van der Waals surface area contributed by atoms with Crippen LogP contribution in [0.3, 0.4) is 0 Å². The van der Waals surface area contributed by atoms with Crippen molar-refractivity contribution < 1.29 is 9.15 Å². The number of hydrogen-bond donors (Lipinski definition) is 2. The van der Waals surface area contributed by atoms with Crippen LogP contribution in [-0.4, -0.2) is 52.8 Å². The summed E-state index contributed by atoms with van der Waals surface area (Å²) in [4.78, 5) is 11.1. The Bertz CT molecular complexity index is 913. The highest BCUT2D eigenvalue weighted by atomic mass is 127. The maximum Gasteiger partial charge on any atom is 0.216 e. The van der Waals surface area contributed by atoms with Gasteiger partial charge in [-0.15, -0.1) is 29.1 Å². The minimum atomic E-state index is 0. The number of hydrogen-bond acceptors (Lipinski definition) is 5. The molecular formula is C21H27IN6O2. The Labute approximate surface area is 193 Å². The first kappa shape index (κ1) is 22.3. The van der Waals surface area contributed by atoms with Gasteiger partial charge in [0.25, 0.3) is 0 Å². The molecule has 3 heterocycles. The Balaban J connectivity index is 0.00000256. The van der Waals surface area contributed by atoms with Crippen LogP contribution in [0.25, 0.3) is 11.6 Å². The number of benzene rings is 1. The van der Waals surface area contributed by atoms with Crippen molar-refractivity contribution in [3.05, 3.63) is 60.1 Å². The van der Waals surface area contributed by atoms with E-state index in [4.69, 9.17) is 9.15 Å². The zero-order valence-electron chi connectivity index (χ0n) is 17.0. The van der Waals surface area contributed by atoms with E-state index in [2.05, 4.69) is 42.5 Å². The molecule has 0 bridgehead atoms. The normalized spacial score (nSPS) is 16.5. The molecule has 1 fully saturated rings. The predicted molar refractivity (Wildman–Crippen MR) is 125 cm³/mol. The van der Waals surface area contributed by atoms with E-state index in [0.29, 0.717) is 30.7 Å². The molecule has 0 amide bonds. The first-order valence-electron chi connectivity index (χ1n) is 9.84. The van der Waals surface area contributed by atoms with Crippen LogP contribution in [0.5, 0.6) is 0 Å². The number of guanidine groups is 1. The molecule has 160 valence electrons. The van der Waals surface area contributed by atoms with Gasteiger partial charge in [0.1, 0.15) is 5.82 Å². The van der Waals surface area contributed by atoms with E-state index in [1.54, 1.807) is 13.3 Å². The summed E-state index contributed by atoms with van der Waals surface area (Å²) in [5.41, 5.74) is 1.21. The zero-order valence-corrected chi connectivity index (χ0v) is 19.3. The first-order valence-corrected chi connectivity index (χ1v) is 9.84. The largest absolute Gasteiger partial charge is 0.461 e. The lowest BCUT2D eigenvalue weighted by Gasteiger charge is -2.21. The lowest BCUT2D eigenvalue weighted by Crippen LogP contribution is -2.40. The molecule has 0 saturated carbocycles. The number of rotatable bonds is 7. The summed E-state index contributed by atoms with van der Waals surface area (Å²) >= 11 is 0. The molecule has 4 rings (SSSR count). The Hall–Kier alpha value is -2.40. The van der Waals surface area contributed by atoms with Gasteiger partial charge in [-0.2, -0.15) is 0 Å². The summed E-state index contributed by atoms with van der Waals surface area (Å²) in [6.45, 7) is 3.84. The molecule has 0 aliphatic carbocycles. The maximum absolute atomic E-state index is 5.91. The smallest absolute Gasteiger partial charge is 0.216 e. The second-order valence-electron chi connectivity index (χ2n) is 7.09. The Morgan fingerprint density at radius 1 is 1.30 bits per heavy atom. The molecule has 3 aromatic rings. The van der Waals surface area contributed by atoms with E-state index < -0.39 is 0 Å². The van der Waals surface area contributed by atoms with Gasteiger partial charge in [0, 0.05) is 26.1 Å². The highest BCUT2D eigenvalue weighted by Crippen LogP contribution is 2.18. The lowest BCUT2D eigenvalue weighted by molar-refractivity contribution is 0.0906. The third-order valence-corrected chi connectivity index (χ3v) is 4.95. The highest BCUT2D eigenvalue weighted by molar-refractivity contribution is 14.0. The second kappa shape index (κ2) is 11.1. The van der Waals surface area contributed by atoms with Crippen LogP contribution in [0, 0.1) is 5.92 Å². The molecule has 2 N–H and O–H groups in total. The van der Waals surface area contributed by atoms with Crippen LogP contribution >= 0.6 is 24.0 Å². The zero-order chi connectivity index (χ0) is 19.9. The molecule has 1 atom stereocenters. The van der Waals surface area contributed by atoms with Crippen LogP contribution in [0.2, 0.25) is 0 Å². The Morgan fingerprint density at radius 2 is 2.17 bits per heavy atom. The molecule has 2 aromatic heterocycles. The Morgan fingerprint density at radius 3 is 2.93 bits per heavy atom. The quantitative estimate of drug-likeness (QED) is 0.281. The van der Waals surface area contributed by atoms with Gasteiger partial charge >= 0.3 is 0 Å². The first-order chi connectivity index (χ1) is 14.3. The van der Waals surface area contributed by atoms with Crippen molar-refractivity contribution in [2.24, 2.45) is 10.9 Å². The molecule has 9 heteroatoms. The number of likely N-dealkylation sites (tertiary alicyclic amines) is 1.